The fraction of sp³-hybridized carbons (Fsp3) is 0.417. The van der Waals surface area contributed by atoms with Crippen LogP contribution in [0.2, 0.25) is 5.02 Å². The molecule has 0 saturated carbocycles. The topological polar surface area (TPSA) is 38.3 Å². The van der Waals surface area contributed by atoms with E-state index in [4.69, 9.17) is 11.6 Å². The summed E-state index contributed by atoms with van der Waals surface area (Å²) in [5, 5.41) is 3.41. The molecule has 0 fully saturated rings. The average Bonchev–Trinajstić information content (AvgIpc) is 2.31. The molecule has 94 valence electrons. The highest BCUT2D eigenvalue weighted by Gasteiger charge is 2.21. The maximum Gasteiger partial charge on any atom is 0.310 e. The van der Waals surface area contributed by atoms with Crippen LogP contribution in [0.4, 0.5) is 10.1 Å². The van der Waals surface area contributed by atoms with Gasteiger partial charge >= 0.3 is 5.97 Å². The zero-order valence-electron chi connectivity index (χ0n) is 9.96. The lowest BCUT2D eigenvalue weighted by molar-refractivity contribution is -0.145. The fourth-order valence-corrected chi connectivity index (χ4v) is 1.54. The van der Waals surface area contributed by atoms with Crippen molar-refractivity contribution in [3.8, 4) is 0 Å². The van der Waals surface area contributed by atoms with Crippen molar-refractivity contribution in [2.75, 3.05) is 12.4 Å². The van der Waals surface area contributed by atoms with Gasteiger partial charge in [0.1, 0.15) is 5.82 Å². The maximum absolute atomic E-state index is 13.0. The summed E-state index contributed by atoms with van der Waals surface area (Å²) in [6.07, 6.45) is 0. The SMILES string of the molecule is COC(=O)C(C)C(C)Nc1cc(F)ccc1Cl. The van der Waals surface area contributed by atoms with Gasteiger partial charge in [0.05, 0.1) is 23.7 Å². The van der Waals surface area contributed by atoms with Crippen molar-refractivity contribution >= 4 is 23.3 Å². The predicted octanol–water partition coefficient (Wildman–Crippen LogP) is 3.09. The van der Waals surface area contributed by atoms with Crippen LogP contribution in [-0.2, 0) is 9.53 Å². The monoisotopic (exact) mass is 259 g/mol. The van der Waals surface area contributed by atoms with Crippen molar-refractivity contribution in [2.45, 2.75) is 19.9 Å². The molecular formula is C12H15ClFNO2. The summed E-state index contributed by atoms with van der Waals surface area (Å²) in [4.78, 5) is 11.3. The number of anilines is 1. The second kappa shape index (κ2) is 5.87. The van der Waals surface area contributed by atoms with E-state index in [1.165, 1.54) is 25.3 Å². The number of hydrogen-bond donors (Lipinski definition) is 1. The number of esters is 1. The van der Waals surface area contributed by atoms with Gasteiger partial charge in [-0.15, -0.1) is 0 Å². The fourth-order valence-electron chi connectivity index (χ4n) is 1.37. The van der Waals surface area contributed by atoms with E-state index in [-0.39, 0.29) is 23.7 Å². The van der Waals surface area contributed by atoms with E-state index in [1.807, 2.05) is 6.92 Å². The first-order valence-corrected chi connectivity index (χ1v) is 5.63. The number of rotatable bonds is 4. The minimum Gasteiger partial charge on any atom is -0.469 e. The lowest BCUT2D eigenvalue weighted by Gasteiger charge is -2.21. The van der Waals surface area contributed by atoms with E-state index in [2.05, 4.69) is 10.1 Å². The largest absolute Gasteiger partial charge is 0.469 e. The first kappa shape index (κ1) is 13.8. The first-order valence-electron chi connectivity index (χ1n) is 5.25. The van der Waals surface area contributed by atoms with Gasteiger partial charge in [-0.3, -0.25) is 4.79 Å². The van der Waals surface area contributed by atoms with E-state index >= 15 is 0 Å². The molecule has 0 radical (unpaired) electrons. The molecule has 2 atom stereocenters. The molecule has 0 amide bonds. The van der Waals surface area contributed by atoms with E-state index in [9.17, 15) is 9.18 Å². The van der Waals surface area contributed by atoms with Crippen LogP contribution in [0.25, 0.3) is 0 Å². The molecule has 1 aromatic carbocycles. The van der Waals surface area contributed by atoms with Crippen LogP contribution < -0.4 is 5.32 Å². The van der Waals surface area contributed by atoms with Gasteiger partial charge in [-0.2, -0.15) is 0 Å². The number of carbonyl (C=O) groups excluding carboxylic acids is 1. The van der Waals surface area contributed by atoms with Crippen LogP contribution in [0.5, 0.6) is 0 Å². The lowest BCUT2D eigenvalue weighted by atomic mass is 10.0. The summed E-state index contributed by atoms with van der Waals surface area (Å²) in [7, 11) is 1.33. The summed E-state index contributed by atoms with van der Waals surface area (Å²) in [5.74, 6) is -1.05. The smallest absolute Gasteiger partial charge is 0.310 e. The predicted molar refractivity (Wildman–Crippen MR) is 65.7 cm³/mol. The number of methoxy groups -OCH3 is 1. The molecule has 17 heavy (non-hydrogen) atoms. The Balaban J connectivity index is 2.77. The molecule has 0 aliphatic heterocycles. The molecular weight excluding hydrogens is 245 g/mol. The standard InChI is InChI=1S/C12H15ClFNO2/c1-7(12(16)17-3)8(2)15-11-6-9(14)4-5-10(11)13/h4-8,15H,1-3H3. The third kappa shape index (κ3) is 3.60. The van der Waals surface area contributed by atoms with Crippen LogP contribution in [0.3, 0.4) is 0 Å². The minimum atomic E-state index is -0.380. The molecule has 3 nitrogen and oxygen atoms in total. The molecule has 2 unspecified atom stereocenters. The van der Waals surface area contributed by atoms with E-state index in [0.717, 1.165) is 0 Å². The number of nitrogens with one attached hydrogen (secondary N) is 1. The normalized spacial score (nSPS) is 13.9. The Hall–Kier alpha value is -1.29. The molecule has 1 aromatic rings. The molecule has 0 spiro atoms. The molecule has 1 rings (SSSR count). The number of hydrogen-bond acceptors (Lipinski definition) is 3. The van der Waals surface area contributed by atoms with Gasteiger partial charge in [0.25, 0.3) is 0 Å². The molecule has 0 bridgehead atoms. The van der Waals surface area contributed by atoms with Gasteiger partial charge in [-0.05, 0) is 32.0 Å². The van der Waals surface area contributed by atoms with Gasteiger partial charge in [-0.25, -0.2) is 4.39 Å². The van der Waals surface area contributed by atoms with Crippen LogP contribution in [-0.4, -0.2) is 19.1 Å². The van der Waals surface area contributed by atoms with Gasteiger partial charge < -0.3 is 10.1 Å². The highest BCUT2D eigenvalue weighted by Crippen LogP contribution is 2.24. The lowest BCUT2D eigenvalue weighted by Crippen LogP contribution is -2.30. The number of carbonyl (C=O) groups is 1. The number of halogens is 2. The second-order valence-electron chi connectivity index (χ2n) is 3.87. The zero-order chi connectivity index (χ0) is 13.0. The van der Waals surface area contributed by atoms with Crippen LogP contribution >= 0.6 is 11.6 Å². The number of benzene rings is 1. The van der Waals surface area contributed by atoms with Crippen molar-refractivity contribution in [3.05, 3.63) is 29.0 Å². The highest BCUT2D eigenvalue weighted by molar-refractivity contribution is 6.33. The van der Waals surface area contributed by atoms with Crippen molar-refractivity contribution in [1.29, 1.82) is 0 Å². The summed E-state index contributed by atoms with van der Waals surface area (Å²) in [5.41, 5.74) is 0.468. The van der Waals surface area contributed by atoms with Crippen molar-refractivity contribution in [2.24, 2.45) is 5.92 Å². The molecule has 5 heteroatoms. The van der Waals surface area contributed by atoms with Crippen molar-refractivity contribution in [1.82, 2.24) is 0 Å². The Morgan fingerprint density at radius 3 is 2.71 bits per heavy atom. The zero-order valence-corrected chi connectivity index (χ0v) is 10.7. The van der Waals surface area contributed by atoms with E-state index in [1.54, 1.807) is 6.92 Å². The molecule has 1 N–H and O–H groups in total. The van der Waals surface area contributed by atoms with E-state index < -0.39 is 0 Å². The molecule has 0 heterocycles. The van der Waals surface area contributed by atoms with Gasteiger partial charge in [0.2, 0.25) is 0 Å². The Labute approximate surface area is 105 Å². The van der Waals surface area contributed by atoms with Crippen LogP contribution in [0.1, 0.15) is 13.8 Å². The molecule has 0 aliphatic carbocycles. The summed E-state index contributed by atoms with van der Waals surface area (Å²) in [6, 6.07) is 3.83. The Morgan fingerprint density at radius 1 is 1.47 bits per heavy atom. The second-order valence-corrected chi connectivity index (χ2v) is 4.28. The quantitative estimate of drug-likeness (QED) is 0.845. The Kier molecular flexibility index (Phi) is 4.75. The molecule has 0 aromatic heterocycles. The van der Waals surface area contributed by atoms with Gasteiger partial charge in [-0.1, -0.05) is 11.6 Å². The van der Waals surface area contributed by atoms with Crippen LogP contribution in [0, 0.1) is 11.7 Å². The molecule has 0 aliphatic rings. The third-order valence-corrected chi connectivity index (χ3v) is 2.96. The summed E-state index contributed by atoms with van der Waals surface area (Å²) < 4.78 is 17.7. The van der Waals surface area contributed by atoms with Gasteiger partial charge in [0, 0.05) is 6.04 Å². The van der Waals surface area contributed by atoms with E-state index in [0.29, 0.717) is 10.7 Å². The number of ether oxygens (including phenoxy) is 1. The van der Waals surface area contributed by atoms with Gasteiger partial charge in [0.15, 0.2) is 0 Å². The average molecular weight is 260 g/mol. The Morgan fingerprint density at radius 2 is 2.12 bits per heavy atom. The highest BCUT2D eigenvalue weighted by atomic mass is 35.5. The summed E-state index contributed by atoms with van der Waals surface area (Å²) >= 11 is 5.91. The van der Waals surface area contributed by atoms with Crippen molar-refractivity contribution in [3.63, 3.8) is 0 Å². The first-order chi connectivity index (χ1) is 7.95. The van der Waals surface area contributed by atoms with Crippen molar-refractivity contribution < 1.29 is 13.9 Å². The third-order valence-electron chi connectivity index (χ3n) is 2.63. The summed E-state index contributed by atoms with van der Waals surface area (Å²) in [6.45, 7) is 3.54. The minimum absolute atomic E-state index is 0.207. The maximum atomic E-state index is 13.0. The van der Waals surface area contributed by atoms with Crippen LogP contribution in [0.15, 0.2) is 18.2 Å². The Bertz CT molecular complexity index is 411. The molecule has 0 saturated heterocycles.